The number of anilines is 1. The maximum atomic E-state index is 12.3. The zero-order valence-electron chi connectivity index (χ0n) is 12.9. The van der Waals surface area contributed by atoms with E-state index in [0.29, 0.717) is 0 Å². The zero-order chi connectivity index (χ0) is 15.0. The van der Waals surface area contributed by atoms with E-state index in [2.05, 4.69) is 62.5 Å². The molecule has 108 valence electrons. The van der Waals surface area contributed by atoms with E-state index in [4.69, 9.17) is 0 Å². The molecule has 0 radical (unpaired) electrons. The molecule has 1 amide bonds. The average molecular weight is 279 g/mol. The fraction of sp³-hybridized carbons (Fsp3) is 0.316. The van der Waals surface area contributed by atoms with Gasteiger partial charge in [0.25, 0.3) is 0 Å². The van der Waals surface area contributed by atoms with Crippen LogP contribution in [-0.2, 0) is 17.6 Å². The van der Waals surface area contributed by atoms with Crippen molar-refractivity contribution in [1.29, 1.82) is 0 Å². The zero-order valence-corrected chi connectivity index (χ0v) is 12.9. The summed E-state index contributed by atoms with van der Waals surface area (Å²) in [7, 11) is 0. The summed E-state index contributed by atoms with van der Waals surface area (Å²) in [5.74, 6) is 0.0596. The highest BCUT2D eigenvalue weighted by atomic mass is 16.2. The van der Waals surface area contributed by atoms with E-state index in [-0.39, 0.29) is 11.8 Å². The van der Waals surface area contributed by atoms with Crippen molar-refractivity contribution in [1.82, 2.24) is 0 Å². The van der Waals surface area contributed by atoms with Gasteiger partial charge in [0.05, 0.1) is 5.92 Å². The second-order valence-corrected chi connectivity index (χ2v) is 5.96. The van der Waals surface area contributed by atoms with Gasteiger partial charge in [0, 0.05) is 5.69 Å². The number of aryl methyl sites for hydroxylation is 3. The van der Waals surface area contributed by atoms with E-state index >= 15 is 0 Å². The van der Waals surface area contributed by atoms with Gasteiger partial charge in [-0.25, -0.2) is 0 Å². The molecule has 1 atom stereocenters. The van der Waals surface area contributed by atoms with Crippen LogP contribution in [0.15, 0.2) is 36.4 Å². The Bertz CT molecular complexity index is 685. The smallest absolute Gasteiger partial charge is 0.232 e. The Morgan fingerprint density at radius 3 is 2.38 bits per heavy atom. The maximum absolute atomic E-state index is 12.3. The maximum Gasteiger partial charge on any atom is 0.232 e. The van der Waals surface area contributed by atoms with E-state index in [1.807, 2.05) is 0 Å². The molecule has 2 aromatic rings. The van der Waals surface area contributed by atoms with Crippen molar-refractivity contribution in [2.75, 3.05) is 5.32 Å². The molecule has 2 nitrogen and oxygen atoms in total. The molecule has 0 fully saturated rings. The molecule has 0 aliphatic carbocycles. The molecule has 2 aromatic carbocycles. The molecule has 21 heavy (non-hydrogen) atoms. The second kappa shape index (κ2) is 5.36. The number of amides is 1. The highest BCUT2D eigenvalue weighted by Gasteiger charge is 2.31. The molecule has 1 aliphatic heterocycles. The monoisotopic (exact) mass is 279 g/mol. The minimum Gasteiger partial charge on any atom is -0.325 e. The first kappa shape index (κ1) is 13.9. The molecule has 1 N–H and O–H groups in total. The molecule has 0 spiro atoms. The quantitative estimate of drug-likeness (QED) is 0.898. The van der Waals surface area contributed by atoms with Gasteiger partial charge in [-0.15, -0.1) is 0 Å². The highest BCUT2D eigenvalue weighted by molar-refractivity contribution is 6.04. The van der Waals surface area contributed by atoms with Crippen molar-refractivity contribution < 1.29 is 4.79 Å². The summed E-state index contributed by atoms with van der Waals surface area (Å²) in [5, 5.41) is 3.05. The summed E-state index contributed by atoms with van der Waals surface area (Å²) in [4.78, 5) is 12.3. The summed E-state index contributed by atoms with van der Waals surface area (Å²) in [5.41, 5.74) is 7.09. The molecule has 1 aliphatic rings. The fourth-order valence-corrected chi connectivity index (χ4v) is 3.15. The Kier molecular flexibility index (Phi) is 3.54. The Hall–Kier alpha value is -2.09. The van der Waals surface area contributed by atoms with Crippen LogP contribution in [0.3, 0.4) is 0 Å². The van der Waals surface area contributed by atoms with E-state index in [1.165, 1.54) is 16.7 Å². The Balaban J connectivity index is 1.91. The third-order valence-electron chi connectivity index (χ3n) is 4.32. The van der Waals surface area contributed by atoms with Crippen LogP contribution in [0.1, 0.15) is 40.7 Å². The number of carbonyl (C=O) groups is 1. The first-order chi connectivity index (χ1) is 10.1. The minimum absolute atomic E-state index is 0.0638. The van der Waals surface area contributed by atoms with Gasteiger partial charge in [0.2, 0.25) is 5.91 Å². The van der Waals surface area contributed by atoms with Crippen molar-refractivity contribution in [3.05, 3.63) is 64.2 Å². The van der Waals surface area contributed by atoms with Crippen molar-refractivity contribution >= 4 is 11.6 Å². The normalized spacial score (nSPS) is 16.7. The number of hydrogen-bond donors (Lipinski definition) is 1. The third-order valence-corrected chi connectivity index (χ3v) is 4.32. The van der Waals surface area contributed by atoms with E-state index in [1.54, 1.807) is 0 Å². The Morgan fingerprint density at radius 2 is 1.71 bits per heavy atom. The van der Waals surface area contributed by atoms with Crippen molar-refractivity contribution in [3.63, 3.8) is 0 Å². The molecule has 0 aromatic heterocycles. The molecule has 0 saturated heterocycles. The van der Waals surface area contributed by atoms with Crippen LogP contribution in [-0.4, -0.2) is 5.91 Å². The van der Waals surface area contributed by atoms with Crippen molar-refractivity contribution in [2.24, 2.45) is 0 Å². The molecule has 1 heterocycles. The van der Waals surface area contributed by atoms with Crippen LogP contribution in [0.25, 0.3) is 0 Å². The minimum atomic E-state index is -0.0638. The second-order valence-electron chi connectivity index (χ2n) is 5.96. The largest absolute Gasteiger partial charge is 0.325 e. The molecule has 2 heteroatoms. The van der Waals surface area contributed by atoms with E-state index in [0.717, 1.165) is 29.7 Å². The number of benzene rings is 2. The van der Waals surface area contributed by atoms with Gasteiger partial charge in [-0.1, -0.05) is 48.9 Å². The first-order valence-electron chi connectivity index (χ1n) is 7.58. The molecule has 0 bridgehead atoms. The topological polar surface area (TPSA) is 29.1 Å². The van der Waals surface area contributed by atoms with Crippen molar-refractivity contribution in [3.8, 4) is 0 Å². The van der Waals surface area contributed by atoms with E-state index < -0.39 is 0 Å². The van der Waals surface area contributed by atoms with Crippen LogP contribution < -0.4 is 5.32 Å². The summed E-state index contributed by atoms with van der Waals surface area (Å²) >= 11 is 0. The first-order valence-corrected chi connectivity index (χ1v) is 7.58. The lowest BCUT2D eigenvalue weighted by atomic mass is 9.91. The average Bonchev–Trinajstić information content (AvgIpc) is 2.77. The van der Waals surface area contributed by atoms with Crippen LogP contribution in [0.4, 0.5) is 5.69 Å². The predicted molar refractivity (Wildman–Crippen MR) is 86.8 cm³/mol. The molecular weight excluding hydrogens is 258 g/mol. The lowest BCUT2D eigenvalue weighted by Gasteiger charge is -2.11. The van der Waals surface area contributed by atoms with Crippen LogP contribution in [0.5, 0.6) is 0 Å². The van der Waals surface area contributed by atoms with Gasteiger partial charge in [0.15, 0.2) is 0 Å². The summed E-state index contributed by atoms with van der Waals surface area (Å²) < 4.78 is 0. The van der Waals surface area contributed by atoms with Crippen molar-refractivity contribution in [2.45, 2.75) is 39.5 Å². The summed E-state index contributed by atoms with van der Waals surface area (Å²) in [6.45, 7) is 6.30. The van der Waals surface area contributed by atoms with Gasteiger partial charge in [-0.05, 0) is 48.9 Å². The summed E-state index contributed by atoms with van der Waals surface area (Å²) in [6.07, 6.45) is 1.82. The van der Waals surface area contributed by atoms with Gasteiger partial charge >= 0.3 is 0 Å². The van der Waals surface area contributed by atoms with Gasteiger partial charge in [-0.3, -0.25) is 4.79 Å². The third kappa shape index (κ3) is 2.58. The lowest BCUT2D eigenvalue weighted by molar-refractivity contribution is -0.117. The fourth-order valence-electron chi connectivity index (χ4n) is 3.15. The molecule has 0 unspecified atom stereocenters. The van der Waals surface area contributed by atoms with Crippen LogP contribution >= 0.6 is 0 Å². The highest BCUT2D eigenvalue weighted by Crippen LogP contribution is 2.37. The number of fused-ring (bicyclic) bond motifs is 1. The lowest BCUT2D eigenvalue weighted by Crippen LogP contribution is -2.14. The number of rotatable bonds is 3. The number of nitrogens with one attached hydrogen (secondary N) is 1. The Labute approximate surface area is 126 Å². The number of hydrogen-bond acceptors (Lipinski definition) is 1. The number of carbonyl (C=O) groups excluding carboxylic acids is 1. The van der Waals surface area contributed by atoms with E-state index in [9.17, 15) is 4.79 Å². The van der Waals surface area contributed by atoms with Crippen LogP contribution in [0, 0.1) is 13.8 Å². The SMILES string of the molecule is CCc1ccc(C[C@@H]2C(=O)Nc3c(C)cc(C)cc32)cc1. The molecule has 3 rings (SSSR count). The van der Waals surface area contributed by atoms with Gasteiger partial charge in [0.1, 0.15) is 0 Å². The Morgan fingerprint density at radius 1 is 1.05 bits per heavy atom. The molecule has 0 saturated carbocycles. The van der Waals surface area contributed by atoms with Gasteiger partial charge < -0.3 is 5.32 Å². The van der Waals surface area contributed by atoms with Crippen LogP contribution in [0.2, 0.25) is 0 Å². The standard InChI is InChI=1S/C19H21NO/c1-4-14-5-7-15(8-6-14)11-17-16-10-12(2)9-13(3)18(16)20-19(17)21/h5-10,17H,4,11H2,1-3H3,(H,20,21)/t17-/m0/s1. The van der Waals surface area contributed by atoms with Gasteiger partial charge in [-0.2, -0.15) is 0 Å². The molecular formula is C19H21NO. The summed E-state index contributed by atoms with van der Waals surface area (Å²) in [6, 6.07) is 12.9. The predicted octanol–water partition coefficient (Wildman–Crippen LogP) is 4.14.